The number of benzene rings is 1. The van der Waals surface area contributed by atoms with Crippen molar-refractivity contribution in [3.63, 3.8) is 0 Å². The van der Waals surface area contributed by atoms with E-state index in [9.17, 15) is 4.79 Å². The molecule has 2 amide bonds. The molecule has 0 aliphatic carbocycles. The second kappa shape index (κ2) is 6.85. The highest BCUT2D eigenvalue weighted by molar-refractivity contribution is 5.80. The van der Waals surface area contributed by atoms with E-state index in [4.69, 9.17) is 0 Å². The third kappa shape index (κ3) is 3.26. The van der Waals surface area contributed by atoms with Gasteiger partial charge in [-0.05, 0) is 49.9 Å². The zero-order valence-corrected chi connectivity index (χ0v) is 14.1. The molecule has 1 atom stereocenters. The fourth-order valence-corrected chi connectivity index (χ4v) is 4.02. The van der Waals surface area contributed by atoms with Gasteiger partial charge in [-0.15, -0.1) is 0 Å². The number of rotatable bonds is 3. The molecule has 1 aromatic heterocycles. The summed E-state index contributed by atoms with van der Waals surface area (Å²) in [5.74, 6) is 0. The van der Waals surface area contributed by atoms with Crippen LogP contribution < -0.4 is 5.32 Å². The Kier molecular flexibility index (Phi) is 4.43. The normalized spacial score (nSPS) is 22.2. The Hall–Kier alpha value is -2.01. The Bertz CT molecular complexity index is 671. The van der Waals surface area contributed by atoms with Crippen molar-refractivity contribution >= 4 is 16.9 Å². The summed E-state index contributed by atoms with van der Waals surface area (Å²) in [5, 5.41) is 4.25. The van der Waals surface area contributed by atoms with Crippen molar-refractivity contribution in [1.29, 1.82) is 0 Å². The van der Waals surface area contributed by atoms with E-state index < -0.39 is 0 Å². The van der Waals surface area contributed by atoms with E-state index in [1.54, 1.807) is 0 Å². The van der Waals surface area contributed by atoms with Crippen molar-refractivity contribution in [3.8, 4) is 0 Å². The number of H-pyrrole nitrogens is 1. The highest BCUT2D eigenvalue weighted by Crippen LogP contribution is 2.20. The predicted molar refractivity (Wildman–Crippen MR) is 95.9 cm³/mol. The van der Waals surface area contributed by atoms with E-state index in [2.05, 4.69) is 33.4 Å². The first kappa shape index (κ1) is 15.5. The zero-order chi connectivity index (χ0) is 16.4. The molecule has 0 spiro atoms. The molecule has 2 aliphatic rings. The molecule has 2 aromatic rings. The van der Waals surface area contributed by atoms with Crippen molar-refractivity contribution in [2.24, 2.45) is 0 Å². The average molecular weight is 326 g/mol. The largest absolute Gasteiger partial charge is 0.357 e. The molecule has 1 aromatic carbocycles. The van der Waals surface area contributed by atoms with Crippen LogP contribution in [0.5, 0.6) is 0 Å². The van der Waals surface area contributed by atoms with E-state index >= 15 is 0 Å². The van der Waals surface area contributed by atoms with Crippen LogP contribution in [0.3, 0.4) is 0 Å². The van der Waals surface area contributed by atoms with E-state index in [0.717, 1.165) is 30.7 Å². The summed E-state index contributed by atoms with van der Waals surface area (Å²) in [6.45, 7) is 4.71. The quantitative estimate of drug-likeness (QED) is 0.911. The molecule has 0 bridgehead atoms. The second-order valence-corrected chi connectivity index (χ2v) is 7.03. The maximum Gasteiger partial charge on any atom is 0.317 e. The van der Waals surface area contributed by atoms with Crippen LogP contribution in [0.2, 0.25) is 0 Å². The predicted octanol–water partition coefficient (Wildman–Crippen LogP) is 2.94. The maximum absolute atomic E-state index is 12.4. The van der Waals surface area contributed by atoms with Crippen LogP contribution in [0, 0.1) is 0 Å². The smallest absolute Gasteiger partial charge is 0.317 e. The Morgan fingerprint density at radius 2 is 2.00 bits per heavy atom. The van der Waals surface area contributed by atoms with Gasteiger partial charge >= 0.3 is 6.03 Å². The molecule has 2 aliphatic heterocycles. The molecular formula is C19H26N4O. The van der Waals surface area contributed by atoms with Gasteiger partial charge in [-0.3, -0.25) is 4.90 Å². The van der Waals surface area contributed by atoms with E-state index in [0.29, 0.717) is 12.6 Å². The van der Waals surface area contributed by atoms with E-state index in [1.807, 2.05) is 17.0 Å². The van der Waals surface area contributed by atoms with E-state index in [-0.39, 0.29) is 6.03 Å². The zero-order valence-electron chi connectivity index (χ0n) is 14.1. The lowest BCUT2D eigenvalue weighted by molar-refractivity contribution is 0.161. The summed E-state index contributed by atoms with van der Waals surface area (Å²) >= 11 is 0. The molecule has 128 valence electrons. The molecule has 3 heterocycles. The summed E-state index contributed by atoms with van der Waals surface area (Å²) in [5.41, 5.74) is 2.17. The molecular weight excluding hydrogens is 300 g/mol. The lowest BCUT2D eigenvalue weighted by Crippen LogP contribution is -2.43. The fraction of sp³-hybridized carbons (Fsp3) is 0.526. The Morgan fingerprint density at radius 3 is 2.83 bits per heavy atom. The van der Waals surface area contributed by atoms with Crippen LogP contribution in [0.4, 0.5) is 4.79 Å². The first-order chi connectivity index (χ1) is 11.8. The van der Waals surface area contributed by atoms with Crippen LogP contribution in [0.1, 0.15) is 31.4 Å². The molecule has 1 unspecified atom stereocenters. The molecule has 5 heteroatoms. The van der Waals surface area contributed by atoms with Gasteiger partial charge in [-0.1, -0.05) is 24.6 Å². The van der Waals surface area contributed by atoms with Gasteiger partial charge in [0.25, 0.3) is 0 Å². The summed E-state index contributed by atoms with van der Waals surface area (Å²) in [7, 11) is 0. The van der Waals surface area contributed by atoms with Crippen molar-refractivity contribution < 1.29 is 4.79 Å². The van der Waals surface area contributed by atoms with Gasteiger partial charge in [-0.25, -0.2) is 4.79 Å². The molecule has 5 nitrogen and oxygen atoms in total. The van der Waals surface area contributed by atoms with Crippen molar-refractivity contribution in [1.82, 2.24) is 20.1 Å². The minimum Gasteiger partial charge on any atom is -0.357 e. The molecule has 24 heavy (non-hydrogen) atoms. The number of aromatic amines is 1. The Morgan fingerprint density at radius 1 is 1.17 bits per heavy atom. The van der Waals surface area contributed by atoms with Gasteiger partial charge in [0.05, 0.1) is 6.54 Å². The number of urea groups is 1. The number of fused-ring (bicyclic) bond motifs is 1. The van der Waals surface area contributed by atoms with Crippen molar-refractivity contribution in [2.75, 3.05) is 26.2 Å². The Balaban J connectivity index is 1.30. The fourth-order valence-electron chi connectivity index (χ4n) is 4.02. The topological polar surface area (TPSA) is 51.4 Å². The highest BCUT2D eigenvalue weighted by Gasteiger charge is 2.30. The number of hydrogen-bond donors (Lipinski definition) is 2. The number of amides is 2. The van der Waals surface area contributed by atoms with Crippen LogP contribution >= 0.6 is 0 Å². The Labute approximate surface area is 143 Å². The molecule has 4 rings (SSSR count). The number of likely N-dealkylation sites (tertiary alicyclic amines) is 2. The number of carbonyl (C=O) groups excluding carboxylic acids is 1. The first-order valence-electron chi connectivity index (χ1n) is 9.13. The van der Waals surface area contributed by atoms with Gasteiger partial charge in [-0.2, -0.15) is 0 Å². The number of hydrogen-bond acceptors (Lipinski definition) is 2. The van der Waals surface area contributed by atoms with Crippen molar-refractivity contribution in [3.05, 3.63) is 36.0 Å². The number of aromatic nitrogens is 1. The van der Waals surface area contributed by atoms with Gasteiger partial charge in [0, 0.05) is 30.3 Å². The first-order valence-corrected chi connectivity index (χ1v) is 9.13. The minimum atomic E-state index is 0.0631. The lowest BCUT2D eigenvalue weighted by Gasteiger charge is -2.32. The van der Waals surface area contributed by atoms with Gasteiger partial charge < -0.3 is 15.2 Å². The molecule has 0 radical (unpaired) electrons. The monoisotopic (exact) mass is 326 g/mol. The molecule has 0 saturated carbocycles. The third-order valence-corrected chi connectivity index (χ3v) is 5.37. The summed E-state index contributed by atoms with van der Waals surface area (Å²) in [6, 6.07) is 10.9. The molecule has 2 saturated heterocycles. The number of para-hydroxylation sites is 1. The maximum atomic E-state index is 12.4. The number of carbonyl (C=O) groups is 1. The van der Waals surface area contributed by atoms with Crippen LogP contribution in [0.25, 0.3) is 10.9 Å². The third-order valence-electron chi connectivity index (χ3n) is 5.37. The van der Waals surface area contributed by atoms with Gasteiger partial charge in [0.2, 0.25) is 0 Å². The SMILES string of the molecule is O=C(NCc1cc2ccccc2[nH]1)N1CCC(N2CCCCC2)C1. The van der Waals surface area contributed by atoms with Crippen LogP contribution in [-0.2, 0) is 6.54 Å². The summed E-state index contributed by atoms with van der Waals surface area (Å²) in [6.07, 6.45) is 5.09. The number of piperidine rings is 1. The average Bonchev–Trinajstić information content (AvgIpc) is 3.27. The number of nitrogens with one attached hydrogen (secondary N) is 2. The van der Waals surface area contributed by atoms with E-state index in [1.165, 1.54) is 37.7 Å². The van der Waals surface area contributed by atoms with Crippen LogP contribution in [0.15, 0.2) is 30.3 Å². The molecule has 2 N–H and O–H groups in total. The highest BCUT2D eigenvalue weighted by atomic mass is 16.2. The standard InChI is InChI=1S/C19H26N4O/c24-19(20-13-16-12-15-6-2-3-7-18(15)21-16)23-11-8-17(14-23)22-9-4-1-5-10-22/h2-3,6-7,12,17,21H,1,4-5,8-11,13-14H2,(H,20,24). The lowest BCUT2D eigenvalue weighted by atomic mass is 10.1. The second-order valence-electron chi connectivity index (χ2n) is 7.03. The van der Waals surface area contributed by atoms with Gasteiger partial charge in [0.15, 0.2) is 0 Å². The number of nitrogens with zero attached hydrogens (tertiary/aromatic N) is 2. The van der Waals surface area contributed by atoms with Gasteiger partial charge in [0.1, 0.15) is 0 Å². The summed E-state index contributed by atoms with van der Waals surface area (Å²) in [4.78, 5) is 20.4. The van der Waals surface area contributed by atoms with Crippen LogP contribution in [-0.4, -0.2) is 53.0 Å². The summed E-state index contributed by atoms with van der Waals surface area (Å²) < 4.78 is 0. The minimum absolute atomic E-state index is 0.0631. The molecule has 2 fully saturated rings. The van der Waals surface area contributed by atoms with Crippen molar-refractivity contribution in [2.45, 2.75) is 38.3 Å².